The van der Waals surface area contributed by atoms with Crippen molar-refractivity contribution in [2.75, 3.05) is 20.6 Å². The number of carboxylic acids is 1. The molecule has 8 heteroatoms. The van der Waals surface area contributed by atoms with Gasteiger partial charge in [0, 0.05) is 18.4 Å². The van der Waals surface area contributed by atoms with Crippen molar-refractivity contribution in [2.24, 2.45) is 0 Å². The number of ketones is 1. The van der Waals surface area contributed by atoms with Crippen molar-refractivity contribution >= 4 is 17.7 Å². The number of aromatic nitrogens is 2. The fourth-order valence-corrected chi connectivity index (χ4v) is 3.31. The van der Waals surface area contributed by atoms with E-state index in [1.165, 1.54) is 6.07 Å². The molecule has 0 saturated heterocycles. The number of likely N-dealkylation sites (N-methyl/N-ethyl adjacent to an activating group) is 1. The summed E-state index contributed by atoms with van der Waals surface area (Å²) in [5.41, 5.74) is 1.61. The summed E-state index contributed by atoms with van der Waals surface area (Å²) in [4.78, 5) is 44.5. The van der Waals surface area contributed by atoms with Crippen LogP contribution in [0, 0.1) is 0 Å². The molecule has 1 heterocycles. The highest BCUT2D eigenvalue weighted by Crippen LogP contribution is 2.23. The van der Waals surface area contributed by atoms with Crippen LogP contribution in [-0.2, 0) is 9.59 Å². The SMILES string of the molecule is CCC(=O)CCCCC[C@H](NC(=O)CN(C)C)c1ncc(-c2cccc(C(=O)O)c2)[nH]1. The number of rotatable bonds is 13. The number of Topliss-reactive ketones (excluding diaryl/α,β-unsaturated/α-hetero) is 1. The van der Waals surface area contributed by atoms with Crippen molar-refractivity contribution in [3.63, 3.8) is 0 Å². The molecule has 0 spiro atoms. The molecule has 1 aromatic heterocycles. The summed E-state index contributed by atoms with van der Waals surface area (Å²) in [5.74, 6) is -0.179. The normalized spacial score (nSPS) is 12.0. The van der Waals surface area contributed by atoms with Crippen molar-refractivity contribution in [1.29, 1.82) is 0 Å². The summed E-state index contributed by atoms with van der Waals surface area (Å²) in [5, 5.41) is 12.2. The lowest BCUT2D eigenvalue weighted by molar-refractivity contribution is -0.122. The standard InChI is InChI=1S/C23H32N4O4/c1-4-18(28)11-6-5-7-12-19(25-21(29)15-27(2)3)22-24-14-20(26-22)16-9-8-10-17(13-16)23(30)31/h8-10,13-14,19H,4-7,11-12,15H2,1-3H3,(H,24,26)(H,25,29)(H,30,31)/t19-/m0/s1. The van der Waals surface area contributed by atoms with Crippen molar-refractivity contribution in [1.82, 2.24) is 20.2 Å². The molecule has 3 N–H and O–H groups in total. The number of carboxylic acid groups (broad SMARTS) is 1. The van der Waals surface area contributed by atoms with Crippen LogP contribution in [0.5, 0.6) is 0 Å². The average molecular weight is 429 g/mol. The molecule has 1 aromatic carbocycles. The van der Waals surface area contributed by atoms with Crippen molar-refractivity contribution in [3.8, 4) is 11.3 Å². The number of hydrogen-bond donors (Lipinski definition) is 3. The number of carbonyl (C=O) groups excluding carboxylic acids is 2. The Morgan fingerprint density at radius 3 is 2.65 bits per heavy atom. The number of aromatic amines is 1. The fourth-order valence-electron chi connectivity index (χ4n) is 3.31. The van der Waals surface area contributed by atoms with Crippen LogP contribution < -0.4 is 5.32 Å². The molecule has 168 valence electrons. The highest BCUT2D eigenvalue weighted by Gasteiger charge is 2.19. The van der Waals surface area contributed by atoms with Gasteiger partial charge in [-0.25, -0.2) is 9.78 Å². The second-order valence-electron chi connectivity index (χ2n) is 7.92. The van der Waals surface area contributed by atoms with Gasteiger partial charge in [0.05, 0.1) is 30.0 Å². The Labute approximate surface area is 183 Å². The molecule has 0 aliphatic carbocycles. The summed E-state index contributed by atoms with van der Waals surface area (Å²) in [6.07, 6.45) is 6.12. The van der Waals surface area contributed by atoms with Gasteiger partial charge in [-0.3, -0.25) is 9.59 Å². The number of imidazole rings is 1. The van der Waals surface area contributed by atoms with Crippen molar-refractivity contribution < 1.29 is 19.5 Å². The largest absolute Gasteiger partial charge is 0.478 e. The zero-order valence-corrected chi connectivity index (χ0v) is 18.5. The van der Waals surface area contributed by atoms with E-state index >= 15 is 0 Å². The minimum absolute atomic E-state index is 0.0954. The van der Waals surface area contributed by atoms with Gasteiger partial charge in [0.1, 0.15) is 11.6 Å². The Kier molecular flexibility index (Phi) is 9.40. The second kappa shape index (κ2) is 12.0. The molecule has 1 amide bonds. The van der Waals surface area contributed by atoms with Gasteiger partial charge in [0.15, 0.2) is 0 Å². The molecular weight excluding hydrogens is 396 g/mol. The lowest BCUT2D eigenvalue weighted by Gasteiger charge is -2.18. The van der Waals surface area contributed by atoms with Crippen LogP contribution in [0.4, 0.5) is 0 Å². The van der Waals surface area contributed by atoms with Crippen LogP contribution in [0.15, 0.2) is 30.5 Å². The average Bonchev–Trinajstić information content (AvgIpc) is 3.22. The fraction of sp³-hybridized carbons (Fsp3) is 0.478. The first-order valence-corrected chi connectivity index (χ1v) is 10.6. The molecule has 0 aliphatic heterocycles. The molecule has 0 aliphatic rings. The van der Waals surface area contributed by atoms with Gasteiger partial charge in [0.2, 0.25) is 5.91 Å². The first-order chi connectivity index (χ1) is 14.8. The molecular formula is C23H32N4O4. The molecule has 0 bridgehead atoms. The molecule has 8 nitrogen and oxygen atoms in total. The third kappa shape index (κ3) is 7.97. The summed E-state index contributed by atoms with van der Waals surface area (Å²) in [7, 11) is 3.67. The van der Waals surface area contributed by atoms with Gasteiger partial charge >= 0.3 is 5.97 Å². The van der Waals surface area contributed by atoms with Crippen LogP contribution in [0.1, 0.15) is 67.7 Å². The quantitative estimate of drug-likeness (QED) is 0.421. The predicted molar refractivity (Wildman–Crippen MR) is 119 cm³/mol. The van der Waals surface area contributed by atoms with E-state index in [4.69, 9.17) is 0 Å². The number of nitrogens with zero attached hydrogens (tertiary/aromatic N) is 2. The number of carbonyl (C=O) groups is 3. The minimum atomic E-state index is -0.989. The number of benzene rings is 1. The lowest BCUT2D eigenvalue weighted by atomic mass is 10.0. The van der Waals surface area contributed by atoms with E-state index in [9.17, 15) is 19.5 Å². The van der Waals surface area contributed by atoms with Crippen LogP contribution in [0.25, 0.3) is 11.3 Å². The number of hydrogen-bond acceptors (Lipinski definition) is 5. The third-order valence-corrected chi connectivity index (χ3v) is 4.98. The molecule has 31 heavy (non-hydrogen) atoms. The first kappa shape index (κ1) is 24.3. The lowest BCUT2D eigenvalue weighted by Crippen LogP contribution is -2.36. The Morgan fingerprint density at radius 1 is 1.19 bits per heavy atom. The van der Waals surface area contributed by atoms with E-state index in [1.54, 1.807) is 23.2 Å². The van der Waals surface area contributed by atoms with Crippen LogP contribution in [0.3, 0.4) is 0 Å². The summed E-state index contributed by atoms with van der Waals surface area (Å²) in [6, 6.07) is 6.34. The highest BCUT2D eigenvalue weighted by molar-refractivity contribution is 5.89. The van der Waals surface area contributed by atoms with Crippen molar-refractivity contribution in [3.05, 3.63) is 41.9 Å². The summed E-state index contributed by atoms with van der Waals surface area (Å²) in [6.45, 7) is 2.15. The zero-order valence-electron chi connectivity index (χ0n) is 18.5. The van der Waals surface area contributed by atoms with Crippen LogP contribution in [0.2, 0.25) is 0 Å². The Bertz CT molecular complexity index is 891. The second-order valence-corrected chi connectivity index (χ2v) is 7.92. The maximum absolute atomic E-state index is 12.3. The van der Waals surface area contributed by atoms with Crippen LogP contribution >= 0.6 is 0 Å². The van der Waals surface area contributed by atoms with Crippen LogP contribution in [-0.4, -0.2) is 58.3 Å². The van der Waals surface area contributed by atoms with Gasteiger partial charge in [0.25, 0.3) is 0 Å². The number of amides is 1. The number of aromatic carboxylic acids is 1. The predicted octanol–water partition coefficient (Wildman–Crippen LogP) is 3.42. The Hall–Kier alpha value is -3.00. The van der Waals surface area contributed by atoms with E-state index in [1.807, 2.05) is 27.1 Å². The topological polar surface area (TPSA) is 115 Å². The first-order valence-electron chi connectivity index (χ1n) is 10.6. The Balaban J connectivity index is 2.10. The molecule has 1 atom stereocenters. The molecule has 2 aromatic rings. The molecule has 0 radical (unpaired) electrons. The van der Waals surface area contributed by atoms with Gasteiger partial charge < -0.3 is 20.3 Å². The van der Waals surface area contributed by atoms with E-state index in [0.29, 0.717) is 30.8 Å². The number of nitrogens with one attached hydrogen (secondary N) is 2. The van der Waals surface area contributed by atoms with E-state index in [2.05, 4.69) is 15.3 Å². The van der Waals surface area contributed by atoms with Gasteiger partial charge in [-0.1, -0.05) is 31.9 Å². The Morgan fingerprint density at radius 2 is 1.97 bits per heavy atom. The number of H-pyrrole nitrogens is 1. The van der Waals surface area contributed by atoms with Gasteiger partial charge in [-0.2, -0.15) is 0 Å². The van der Waals surface area contributed by atoms with Crippen molar-refractivity contribution in [2.45, 2.75) is 51.5 Å². The van der Waals surface area contributed by atoms with E-state index < -0.39 is 5.97 Å². The maximum Gasteiger partial charge on any atom is 0.335 e. The maximum atomic E-state index is 12.3. The molecule has 2 rings (SSSR count). The smallest absolute Gasteiger partial charge is 0.335 e. The third-order valence-electron chi connectivity index (χ3n) is 4.98. The minimum Gasteiger partial charge on any atom is -0.478 e. The molecule has 0 unspecified atom stereocenters. The van der Waals surface area contributed by atoms with Gasteiger partial charge in [-0.15, -0.1) is 0 Å². The molecule has 0 fully saturated rings. The van der Waals surface area contributed by atoms with Gasteiger partial charge in [-0.05, 0) is 39.1 Å². The zero-order chi connectivity index (χ0) is 22.8. The molecule has 0 saturated carbocycles. The van der Waals surface area contributed by atoms with E-state index in [0.717, 1.165) is 24.8 Å². The number of unbranched alkanes of at least 4 members (excludes halogenated alkanes) is 2. The summed E-state index contributed by atoms with van der Waals surface area (Å²) >= 11 is 0. The monoisotopic (exact) mass is 428 g/mol. The van der Waals surface area contributed by atoms with E-state index in [-0.39, 0.29) is 29.8 Å². The summed E-state index contributed by atoms with van der Waals surface area (Å²) < 4.78 is 0. The highest BCUT2D eigenvalue weighted by atomic mass is 16.4.